The standard InChI is InChI=1S/C13H19N3OS/c1-8-13(17)16-11-7-9(3-4-12(11)18-8)10(14)5-6-15-2/h3-4,7-8,10,15H,5-6,14H2,1-2H3,(H,16,17). The molecule has 1 amide bonds. The molecule has 1 aliphatic rings. The van der Waals surface area contributed by atoms with Gasteiger partial charge in [0.15, 0.2) is 0 Å². The van der Waals surface area contributed by atoms with Gasteiger partial charge in [0.2, 0.25) is 5.91 Å². The Bertz CT molecular complexity index is 450. The summed E-state index contributed by atoms with van der Waals surface area (Å²) in [5, 5.41) is 5.99. The van der Waals surface area contributed by atoms with Crippen LogP contribution in [0, 0.1) is 0 Å². The third-order valence-corrected chi connectivity index (χ3v) is 4.25. The van der Waals surface area contributed by atoms with Crippen LogP contribution in [0.15, 0.2) is 23.1 Å². The van der Waals surface area contributed by atoms with Crippen molar-refractivity contribution < 1.29 is 4.79 Å². The fraction of sp³-hybridized carbons (Fsp3) is 0.462. The lowest BCUT2D eigenvalue weighted by atomic mass is 10.0. The first-order valence-corrected chi connectivity index (χ1v) is 7.01. The number of hydrogen-bond donors (Lipinski definition) is 3. The predicted molar refractivity (Wildman–Crippen MR) is 75.9 cm³/mol. The topological polar surface area (TPSA) is 67.2 Å². The maximum atomic E-state index is 11.6. The molecule has 4 nitrogen and oxygen atoms in total. The van der Waals surface area contributed by atoms with Gasteiger partial charge in [-0.25, -0.2) is 0 Å². The molecular formula is C13H19N3OS. The Hall–Kier alpha value is -1.04. The smallest absolute Gasteiger partial charge is 0.237 e. The molecule has 0 fully saturated rings. The molecule has 1 aliphatic heterocycles. The van der Waals surface area contributed by atoms with Crippen molar-refractivity contribution in [3.63, 3.8) is 0 Å². The van der Waals surface area contributed by atoms with Gasteiger partial charge in [-0.3, -0.25) is 4.79 Å². The molecule has 0 aliphatic carbocycles. The van der Waals surface area contributed by atoms with Crippen LogP contribution in [0.3, 0.4) is 0 Å². The van der Waals surface area contributed by atoms with E-state index in [1.807, 2.05) is 26.1 Å². The normalized spacial score (nSPS) is 20.2. The molecule has 2 atom stereocenters. The summed E-state index contributed by atoms with van der Waals surface area (Å²) in [7, 11) is 1.91. The lowest BCUT2D eigenvalue weighted by Gasteiger charge is -2.23. The number of anilines is 1. The molecule has 4 N–H and O–H groups in total. The number of rotatable bonds is 4. The Morgan fingerprint density at radius 2 is 2.33 bits per heavy atom. The SMILES string of the molecule is CNCCC(N)c1ccc2c(c1)NC(=O)C(C)S2. The van der Waals surface area contributed by atoms with Crippen LogP contribution in [0.1, 0.15) is 24.9 Å². The van der Waals surface area contributed by atoms with Crippen LogP contribution in [0.25, 0.3) is 0 Å². The highest BCUT2D eigenvalue weighted by Crippen LogP contribution is 2.36. The van der Waals surface area contributed by atoms with Crippen molar-refractivity contribution >= 4 is 23.4 Å². The summed E-state index contributed by atoms with van der Waals surface area (Å²) >= 11 is 1.59. The molecule has 0 bridgehead atoms. The molecule has 0 radical (unpaired) electrons. The summed E-state index contributed by atoms with van der Waals surface area (Å²) in [6.07, 6.45) is 0.882. The Kier molecular flexibility index (Phi) is 4.27. The molecule has 0 spiro atoms. The van der Waals surface area contributed by atoms with Crippen molar-refractivity contribution in [2.24, 2.45) is 5.73 Å². The molecule has 2 unspecified atom stereocenters. The number of hydrogen-bond acceptors (Lipinski definition) is 4. The molecule has 98 valence electrons. The van der Waals surface area contributed by atoms with Gasteiger partial charge in [-0.1, -0.05) is 6.07 Å². The van der Waals surface area contributed by atoms with Crippen molar-refractivity contribution in [2.75, 3.05) is 18.9 Å². The van der Waals surface area contributed by atoms with Crippen LogP contribution in [-0.4, -0.2) is 24.7 Å². The largest absolute Gasteiger partial charge is 0.324 e. The number of nitrogens with two attached hydrogens (primary N) is 1. The number of nitrogens with one attached hydrogen (secondary N) is 2. The zero-order valence-corrected chi connectivity index (χ0v) is 11.5. The van der Waals surface area contributed by atoms with E-state index in [0.29, 0.717) is 0 Å². The van der Waals surface area contributed by atoms with Gasteiger partial charge in [-0.15, -0.1) is 11.8 Å². The number of carbonyl (C=O) groups excluding carboxylic acids is 1. The number of amides is 1. The summed E-state index contributed by atoms with van der Waals surface area (Å²) in [6.45, 7) is 2.80. The van der Waals surface area contributed by atoms with Crippen LogP contribution in [0.4, 0.5) is 5.69 Å². The minimum atomic E-state index is -0.0266. The molecular weight excluding hydrogens is 246 g/mol. The summed E-state index contributed by atoms with van der Waals surface area (Å²) in [5.74, 6) is 0.0634. The van der Waals surface area contributed by atoms with Gasteiger partial charge in [0.1, 0.15) is 0 Å². The van der Waals surface area contributed by atoms with E-state index in [1.54, 1.807) is 11.8 Å². The average molecular weight is 265 g/mol. The second-order valence-corrected chi connectivity index (χ2v) is 5.89. The van der Waals surface area contributed by atoms with Crippen LogP contribution in [0.5, 0.6) is 0 Å². The van der Waals surface area contributed by atoms with Gasteiger partial charge in [-0.2, -0.15) is 0 Å². The second-order valence-electron chi connectivity index (χ2n) is 4.50. The van der Waals surface area contributed by atoms with Crippen LogP contribution in [-0.2, 0) is 4.79 Å². The zero-order chi connectivity index (χ0) is 13.1. The molecule has 1 aromatic carbocycles. The first-order valence-electron chi connectivity index (χ1n) is 6.13. The molecule has 0 saturated carbocycles. The van der Waals surface area contributed by atoms with Crippen LogP contribution in [0.2, 0.25) is 0 Å². The van der Waals surface area contributed by atoms with Crippen molar-refractivity contribution in [1.29, 1.82) is 0 Å². The Morgan fingerprint density at radius 1 is 1.56 bits per heavy atom. The maximum Gasteiger partial charge on any atom is 0.237 e. The van der Waals surface area contributed by atoms with Gasteiger partial charge in [0.25, 0.3) is 0 Å². The van der Waals surface area contributed by atoms with E-state index in [2.05, 4.69) is 16.7 Å². The van der Waals surface area contributed by atoms with E-state index in [-0.39, 0.29) is 17.2 Å². The Labute approximate surface area is 112 Å². The van der Waals surface area contributed by atoms with Gasteiger partial charge in [-0.05, 0) is 44.6 Å². The van der Waals surface area contributed by atoms with Crippen molar-refractivity contribution in [1.82, 2.24) is 5.32 Å². The summed E-state index contributed by atoms with van der Waals surface area (Å²) in [4.78, 5) is 12.8. The molecule has 5 heteroatoms. The predicted octanol–water partition coefficient (Wildman–Crippen LogP) is 1.73. The highest BCUT2D eigenvalue weighted by atomic mass is 32.2. The number of benzene rings is 1. The molecule has 0 aromatic heterocycles. The minimum Gasteiger partial charge on any atom is -0.324 e. The summed E-state index contributed by atoms with van der Waals surface area (Å²) < 4.78 is 0. The fourth-order valence-corrected chi connectivity index (χ4v) is 2.85. The molecule has 0 saturated heterocycles. The molecule has 2 rings (SSSR count). The minimum absolute atomic E-state index is 0.00371. The van der Waals surface area contributed by atoms with Crippen LogP contribution >= 0.6 is 11.8 Å². The van der Waals surface area contributed by atoms with E-state index in [1.165, 1.54) is 0 Å². The molecule has 1 aromatic rings. The van der Waals surface area contributed by atoms with Gasteiger partial charge >= 0.3 is 0 Å². The first kappa shape index (κ1) is 13.4. The lowest BCUT2D eigenvalue weighted by molar-refractivity contribution is -0.115. The molecule has 1 heterocycles. The van der Waals surface area contributed by atoms with Crippen molar-refractivity contribution in [3.8, 4) is 0 Å². The third-order valence-electron chi connectivity index (χ3n) is 3.07. The van der Waals surface area contributed by atoms with Crippen molar-refractivity contribution in [2.45, 2.75) is 29.5 Å². The van der Waals surface area contributed by atoms with Crippen molar-refractivity contribution in [3.05, 3.63) is 23.8 Å². The van der Waals surface area contributed by atoms with Crippen LogP contribution < -0.4 is 16.4 Å². The number of carbonyl (C=O) groups is 1. The Balaban J connectivity index is 2.17. The van der Waals surface area contributed by atoms with E-state index in [4.69, 9.17) is 5.73 Å². The zero-order valence-electron chi connectivity index (χ0n) is 10.7. The fourth-order valence-electron chi connectivity index (χ4n) is 1.92. The monoisotopic (exact) mass is 265 g/mol. The summed E-state index contributed by atoms with van der Waals surface area (Å²) in [6, 6.07) is 6.09. The lowest BCUT2D eigenvalue weighted by Crippen LogP contribution is -2.26. The van der Waals surface area contributed by atoms with E-state index in [0.717, 1.165) is 29.1 Å². The van der Waals surface area contributed by atoms with E-state index in [9.17, 15) is 4.79 Å². The third kappa shape index (κ3) is 2.85. The number of thioether (sulfide) groups is 1. The number of fused-ring (bicyclic) bond motifs is 1. The maximum absolute atomic E-state index is 11.6. The van der Waals surface area contributed by atoms with Gasteiger partial charge in [0.05, 0.1) is 10.9 Å². The Morgan fingerprint density at radius 3 is 3.06 bits per heavy atom. The van der Waals surface area contributed by atoms with Gasteiger partial charge < -0.3 is 16.4 Å². The first-order chi connectivity index (χ1) is 8.61. The highest BCUT2D eigenvalue weighted by Gasteiger charge is 2.23. The molecule has 18 heavy (non-hydrogen) atoms. The second kappa shape index (κ2) is 5.73. The quantitative estimate of drug-likeness (QED) is 0.775. The van der Waals surface area contributed by atoms with E-state index < -0.39 is 0 Å². The van der Waals surface area contributed by atoms with Gasteiger partial charge in [0, 0.05) is 10.9 Å². The van der Waals surface area contributed by atoms with E-state index >= 15 is 0 Å². The highest BCUT2D eigenvalue weighted by molar-refractivity contribution is 8.00. The average Bonchev–Trinajstić information content (AvgIpc) is 2.36. The summed E-state index contributed by atoms with van der Waals surface area (Å²) in [5.41, 5.74) is 8.07.